The predicted octanol–water partition coefficient (Wildman–Crippen LogP) is 2.93. The quantitative estimate of drug-likeness (QED) is 0.657. The number of alkyl halides is 3. The Kier molecular flexibility index (Phi) is 5.75. The van der Waals surface area contributed by atoms with Crippen molar-refractivity contribution in [2.24, 2.45) is 0 Å². The number of anilines is 1. The zero-order valence-corrected chi connectivity index (χ0v) is 18.5. The van der Waals surface area contributed by atoms with Crippen LogP contribution in [0.5, 0.6) is 0 Å². The van der Waals surface area contributed by atoms with E-state index < -0.39 is 24.2 Å². The molecule has 4 rings (SSSR count). The number of carbonyl (C=O) groups is 1. The standard InChI is InChI=1S/C19H20BrClF3N5O/c1-27-6-8-28(9-7-27)18(30)16-15(21)17-25-13(11-2-4-12(20)5-3-11)10-14(19(22,23)24)29(17)26-16/h2-5,13-14,25H,6-10H2,1H3/p+1. The first-order chi connectivity index (χ1) is 14.1. The summed E-state index contributed by atoms with van der Waals surface area (Å²) in [6, 6.07) is 4.58. The fraction of sp³-hybridized carbons (Fsp3) is 0.474. The number of halogens is 5. The molecule has 2 aliphatic heterocycles. The number of fused-ring (bicyclic) bond motifs is 1. The third kappa shape index (κ3) is 4.04. The summed E-state index contributed by atoms with van der Waals surface area (Å²) in [5, 5.41) is 7.03. The van der Waals surface area contributed by atoms with Crippen molar-refractivity contribution >= 4 is 39.3 Å². The first-order valence-electron chi connectivity index (χ1n) is 9.62. The van der Waals surface area contributed by atoms with Gasteiger partial charge in [0.2, 0.25) is 0 Å². The van der Waals surface area contributed by atoms with Crippen molar-refractivity contribution in [2.75, 3.05) is 38.5 Å². The lowest BCUT2D eigenvalue weighted by atomic mass is 9.97. The SMILES string of the molecule is C[NH+]1CCN(C(=O)c2nn3c(c2Cl)NC(c2ccc(Br)cc2)CC3C(F)(F)F)CC1. The average molecular weight is 508 g/mol. The Balaban J connectivity index is 1.69. The highest BCUT2D eigenvalue weighted by molar-refractivity contribution is 9.10. The average Bonchev–Trinajstić information content (AvgIpc) is 3.04. The molecule has 11 heteroatoms. The number of nitrogens with one attached hydrogen (secondary N) is 2. The van der Waals surface area contributed by atoms with Crippen molar-refractivity contribution < 1.29 is 22.9 Å². The molecule has 0 bridgehead atoms. The van der Waals surface area contributed by atoms with E-state index in [2.05, 4.69) is 26.3 Å². The van der Waals surface area contributed by atoms with Gasteiger partial charge in [-0.15, -0.1) is 0 Å². The van der Waals surface area contributed by atoms with Crippen LogP contribution < -0.4 is 10.2 Å². The molecule has 1 amide bonds. The number of rotatable bonds is 2. The second kappa shape index (κ2) is 8.05. The van der Waals surface area contributed by atoms with Gasteiger partial charge < -0.3 is 15.1 Å². The molecule has 30 heavy (non-hydrogen) atoms. The van der Waals surface area contributed by atoms with E-state index in [9.17, 15) is 18.0 Å². The van der Waals surface area contributed by atoms with Crippen molar-refractivity contribution in [3.8, 4) is 0 Å². The molecule has 1 aromatic carbocycles. The number of likely N-dealkylation sites (N-methyl/N-ethyl adjacent to an activating group) is 1. The monoisotopic (exact) mass is 506 g/mol. The van der Waals surface area contributed by atoms with Gasteiger partial charge in [0, 0.05) is 10.9 Å². The van der Waals surface area contributed by atoms with Gasteiger partial charge in [0.15, 0.2) is 11.7 Å². The lowest BCUT2D eigenvalue weighted by Gasteiger charge is -2.33. The van der Waals surface area contributed by atoms with Crippen LogP contribution >= 0.6 is 27.5 Å². The van der Waals surface area contributed by atoms with Gasteiger partial charge in [0.1, 0.15) is 10.8 Å². The number of aromatic nitrogens is 2. The van der Waals surface area contributed by atoms with Crippen LogP contribution in [0.3, 0.4) is 0 Å². The van der Waals surface area contributed by atoms with Gasteiger partial charge in [-0.1, -0.05) is 39.7 Å². The van der Waals surface area contributed by atoms with E-state index in [0.717, 1.165) is 22.2 Å². The van der Waals surface area contributed by atoms with Crippen LogP contribution in [0.25, 0.3) is 0 Å². The Morgan fingerprint density at radius 3 is 2.50 bits per heavy atom. The molecule has 6 nitrogen and oxygen atoms in total. The molecule has 0 aliphatic carbocycles. The molecular weight excluding hydrogens is 487 g/mol. The third-order valence-electron chi connectivity index (χ3n) is 5.67. The highest BCUT2D eigenvalue weighted by atomic mass is 79.9. The number of quaternary nitrogens is 1. The first-order valence-corrected chi connectivity index (χ1v) is 10.8. The Bertz CT molecular complexity index is 941. The number of carbonyl (C=O) groups excluding carboxylic acids is 1. The van der Waals surface area contributed by atoms with Crippen LogP contribution in [0, 0.1) is 0 Å². The van der Waals surface area contributed by atoms with Gasteiger partial charge in [0.25, 0.3) is 5.91 Å². The van der Waals surface area contributed by atoms with Crippen LogP contribution in [0.2, 0.25) is 5.02 Å². The number of hydrogen-bond donors (Lipinski definition) is 2. The molecule has 2 aromatic rings. The number of hydrogen-bond acceptors (Lipinski definition) is 3. The van der Waals surface area contributed by atoms with Gasteiger partial charge in [-0.05, 0) is 17.7 Å². The summed E-state index contributed by atoms with van der Waals surface area (Å²) in [7, 11) is 2.03. The van der Waals surface area contributed by atoms with Crippen LogP contribution in [0.15, 0.2) is 28.7 Å². The van der Waals surface area contributed by atoms with Gasteiger partial charge in [-0.3, -0.25) is 4.79 Å². The minimum Gasteiger partial charge on any atom is -0.362 e. The lowest BCUT2D eigenvalue weighted by Crippen LogP contribution is -3.12. The minimum absolute atomic E-state index is 0.0289. The molecule has 1 saturated heterocycles. The zero-order valence-electron chi connectivity index (χ0n) is 16.1. The molecule has 1 fully saturated rings. The molecule has 2 atom stereocenters. The maximum absolute atomic E-state index is 13.9. The van der Waals surface area contributed by atoms with E-state index in [1.54, 1.807) is 29.2 Å². The summed E-state index contributed by atoms with van der Waals surface area (Å²) in [6.45, 7) is 2.57. The fourth-order valence-electron chi connectivity index (χ4n) is 3.88. The van der Waals surface area contributed by atoms with Crippen molar-refractivity contribution in [1.82, 2.24) is 14.7 Å². The molecular formula is C19H21BrClF3N5O+. The van der Waals surface area contributed by atoms with Crippen molar-refractivity contribution in [2.45, 2.75) is 24.7 Å². The van der Waals surface area contributed by atoms with E-state index >= 15 is 0 Å². The summed E-state index contributed by atoms with van der Waals surface area (Å²) in [5.41, 5.74) is 0.565. The van der Waals surface area contributed by atoms with Crippen LogP contribution in [0.4, 0.5) is 19.0 Å². The van der Waals surface area contributed by atoms with Crippen LogP contribution in [-0.4, -0.2) is 60.0 Å². The van der Waals surface area contributed by atoms with Crippen LogP contribution in [0.1, 0.15) is 34.6 Å². The molecule has 2 aliphatic rings. The second-order valence-electron chi connectivity index (χ2n) is 7.75. The van der Waals surface area contributed by atoms with Crippen molar-refractivity contribution in [3.05, 3.63) is 45.0 Å². The first kappa shape index (κ1) is 21.5. The highest BCUT2D eigenvalue weighted by Gasteiger charge is 2.48. The Morgan fingerprint density at radius 2 is 1.90 bits per heavy atom. The smallest absolute Gasteiger partial charge is 0.362 e. The summed E-state index contributed by atoms with van der Waals surface area (Å²) in [6.07, 6.45) is -4.78. The molecule has 162 valence electrons. The maximum Gasteiger partial charge on any atom is 0.410 e. The molecule has 3 heterocycles. The molecule has 0 spiro atoms. The minimum atomic E-state index is -4.53. The Morgan fingerprint density at radius 1 is 1.27 bits per heavy atom. The number of piperazine rings is 1. The molecule has 2 unspecified atom stereocenters. The molecule has 0 saturated carbocycles. The predicted molar refractivity (Wildman–Crippen MR) is 110 cm³/mol. The summed E-state index contributed by atoms with van der Waals surface area (Å²) >= 11 is 9.74. The molecule has 2 N–H and O–H groups in total. The molecule has 1 aromatic heterocycles. The number of amides is 1. The van der Waals surface area contributed by atoms with E-state index in [4.69, 9.17) is 11.6 Å². The maximum atomic E-state index is 13.9. The Hall–Kier alpha value is -1.78. The van der Waals surface area contributed by atoms with Crippen LogP contribution in [-0.2, 0) is 0 Å². The summed E-state index contributed by atoms with van der Waals surface area (Å²) < 4.78 is 43.3. The zero-order chi connectivity index (χ0) is 21.6. The summed E-state index contributed by atoms with van der Waals surface area (Å²) in [4.78, 5) is 15.8. The topological polar surface area (TPSA) is 54.6 Å². The second-order valence-corrected chi connectivity index (χ2v) is 9.04. The third-order valence-corrected chi connectivity index (χ3v) is 6.56. The summed E-state index contributed by atoms with van der Waals surface area (Å²) in [5.74, 6) is -0.404. The van der Waals surface area contributed by atoms with Gasteiger partial charge >= 0.3 is 6.18 Å². The van der Waals surface area contributed by atoms with E-state index in [1.807, 2.05) is 7.05 Å². The van der Waals surface area contributed by atoms with Gasteiger partial charge in [-0.25, -0.2) is 4.68 Å². The normalized spacial score (nSPS) is 22.5. The number of nitrogens with zero attached hydrogens (tertiary/aromatic N) is 3. The van der Waals surface area contributed by atoms with Crippen molar-refractivity contribution in [1.29, 1.82) is 0 Å². The number of benzene rings is 1. The van der Waals surface area contributed by atoms with Crippen molar-refractivity contribution in [3.63, 3.8) is 0 Å². The Labute approximate surface area is 185 Å². The van der Waals surface area contributed by atoms with E-state index in [1.165, 1.54) is 4.90 Å². The van der Waals surface area contributed by atoms with Gasteiger partial charge in [0.05, 0.1) is 39.3 Å². The molecule has 0 radical (unpaired) electrons. The highest BCUT2D eigenvalue weighted by Crippen LogP contribution is 2.46. The van der Waals surface area contributed by atoms with Gasteiger partial charge in [-0.2, -0.15) is 18.3 Å². The lowest BCUT2D eigenvalue weighted by molar-refractivity contribution is -0.883. The van der Waals surface area contributed by atoms with E-state index in [0.29, 0.717) is 18.7 Å². The van der Waals surface area contributed by atoms with E-state index in [-0.39, 0.29) is 23.0 Å². The largest absolute Gasteiger partial charge is 0.410 e. The fourth-order valence-corrected chi connectivity index (χ4v) is 4.41.